The van der Waals surface area contributed by atoms with Gasteiger partial charge in [0.1, 0.15) is 5.75 Å². The van der Waals surface area contributed by atoms with Gasteiger partial charge in [-0.05, 0) is 30.4 Å². The van der Waals surface area contributed by atoms with Crippen LogP contribution in [0, 0.1) is 5.41 Å². The van der Waals surface area contributed by atoms with Gasteiger partial charge < -0.3 is 5.11 Å². The third-order valence-electron chi connectivity index (χ3n) is 4.64. The number of carbonyl (C=O) groups is 2. The molecule has 0 atom stereocenters. The summed E-state index contributed by atoms with van der Waals surface area (Å²) in [5.74, 6) is -0.342. The molecule has 1 saturated carbocycles. The minimum Gasteiger partial charge on any atom is -0.508 e. The number of nitrogens with zero attached hydrogens (tertiary/aromatic N) is 1. The Balaban J connectivity index is 1.88. The van der Waals surface area contributed by atoms with E-state index in [0.29, 0.717) is 18.5 Å². The van der Waals surface area contributed by atoms with Crippen molar-refractivity contribution in [3.05, 3.63) is 23.2 Å². The molecule has 1 N–H and O–H groups in total. The Morgan fingerprint density at radius 2 is 1.67 bits per heavy atom. The number of anilines is 1. The number of amides is 2. The van der Waals surface area contributed by atoms with Gasteiger partial charge in [0.15, 0.2) is 0 Å². The molecule has 2 fully saturated rings. The second kappa shape index (κ2) is 5.34. The molecular weight excluding hydrogens is 290 g/mol. The van der Waals surface area contributed by atoms with E-state index >= 15 is 0 Å². The maximum absolute atomic E-state index is 12.5. The van der Waals surface area contributed by atoms with Crippen LogP contribution in [0.1, 0.15) is 44.9 Å². The van der Waals surface area contributed by atoms with E-state index in [1.165, 1.54) is 29.5 Å². The molecule has 0 unspecified atom stereocenters. The van der Waals surface area contributed by atoms with Crippen molar-refractivity contribution in [1.29, 1.82) is 0 Å². The highest BCUT2D eigenvalue weighted by atomic mass is 35.5. The van der Waals surface area contributed by atoms with Crippen LogP contribution in [-0.2, 0) is 9.59 Å². The fourth-order valence-corrected chi connectivity index (χ4v) is 3.86. The summed E-state index contributed by atoms with van der Waals surface area (Å²) in [6.45, 7) is 0. The van der Waals surface area contributed by atoms with Crippen molar-refractivity contribution in [3.8, 4) is 5.75 Å². The Bertz CT molecular complexity index is 573. The number of piperidine rings is 1. The van der Waals surface area contributed by atoms with E-state index < -0.39 is 0 Å². The second-order valence-corrected chi connectivity index (χ2v) is 6.58. The van der Waals surface area contributed by atoms with Crippen LogP contribution in [0.15, 0.2) is 18.2 Å². The Kier molecular flexibility index (Phi) is 3.66. The first-order chi connectivity index (χ1) is 10.0. The zero-order valence-electron chi connectivity index (χ0n) is 11.8. The van der Waals surface area contributed by atoms with E-state index in [1.807, 2.05) is 0 Å². The highest BCUT2D eigenvalue weighted by Crippen LogP contribution is 2.46. The molecule has 1 saturated heterocycles. The van der Waals surface area contributed by atoms with Crippen molar-refractivity contribution in [3.63, 3.8) is 0 Å². The highest BCUT2D eigenvalue weighted by Gasteiger charge is 2.44. The number of benzene rings is 1. The van der Waals surface area contributed by atoms with E-state index in [9.17, 15) is 14.7 Å². The predicted molar refractivity (Wildman–Crippen MR) is 80.4 cm³/mol. The lowest BCUT2D eigenvalue weighted by Crippen LogP contribution is -2.48. The number of aromatic hydroxyl groups is 1. The summed E-state index contributed by atoms with van der Waals surface area (Å²) >= 11 is 6.06. The Hall–Kier alpha value is -1.55. The molecule has 3 rings (SSSR count). The molecule has 0 bridgehead atoms. The molecule has 2 amide bonds. The molecule has 1 aromatic rings. The number of hydrogen-bond acceptors (Lipinski definition) is 3. The molecule has 1 spiro atoms. The first-order valence-electron chi connectivity index (χ1n) is 7.35. The number of carbonyl (C=O) groups excluding carboxylic acids is 2. The molecule has 2 aliphatic rings. The average Bonchev–Trinajstić information content (AvgIpc) is 2.41. The molecule has 0 aromatic heterocycles. The summed E-state index contributed by atoms with van der Waals surface area (Å²) in [6.07, 6.45) is 6.13. The molecular formula is C16H18ClNO3. The molecule has 1 aliphatic heterocycles. The topological polar surface area (TPSA) is 57.6 Å². The van der Waals surface area contributed by atoms with Crippen LogP contribution >= 0.6 is 11.6 Å². The first-order valence-corrected chi connectivity index (χ1v) is 7.73. The van der Waals surface area contributed by atoms with Gasteiger partial charge in [-0.2, -0.15) is 0 Å². The fraction of sp³-hybridized carbons (Fsp3) is 0.500. The summed E-state index contributed by atoms with van der Waals surface area (Å²) in [5, 5.41) is 9.61. The van der Waals surface area contributed by atoms with E-state index in [4.69, 9.17) is 11.6 Å². The fourth-order valence-electron chi connectivity index (χ4n) is 3.60. The Morgan fingerprint density at radius 1 is 1.05 bits per heavy atom. The van der Waals surface area contributed by atoms with Crippen molar-refractivity contribution in [2.45, 2.75) is 44.9 Å². The van der Waals surface area contributed by atoms with Crippen LogP contribution in [0.25, 0.3) is 0 Å². The number of halogens is 1. The molecule has 5 heteroatoms. The second-order valence-electron chi connectivity index (χ2n) is 6.17. The Morgan fingerprint density at radius 3 is 2.24 bits per heavy atom. The van der Waals surface area contributed by atoms with E-state index in [0.717, 1.165) is 25.7 Å². The number of phenolic OH excluding ortho intramolecular Hbond substituents is 1. The number of imide groups is 1. The molecule has 1 aromatic carbocycles. The lowest BCUT2D eigenvalue weighted by molar-refractivity contribution is -0.134. The van der Waals surface area contributed by atoms with Crippen molar-refractivity contribution in [1.82, 2.24) is 0 Å². The van der Waals surface area contributed by atoms with Gasteiger partial charge in [0.05, 0.1) is 10.7 Å². The van der Waals surface area contributed by atoms with Gasteiger partial charge in [-0.15, -0.1) is 0 Å². The molecule has 1 aliphatic carbocycles. The smallest absolute Gasteiger partial charge is 0.234 e. The van der Waals surface area contributed by atoms with Crippen LogP contribution in [0.3, 0.4) is 0 Å². The van der Waals surface area contributed by atoms with E-state index in [1.54, 1.807) is 0 Å². The SMILES string of the molecule is O=C1CC2(CCCCC2)CC(=O)N1c1ccc(O)cc1Cl. The standard InChI is InChI=1S/C16H18ClNO3/c17-12-8-11(19)4-5-13(12)18-14(20)9-16(10-15(18)21)6-2-1-3-7-16/h4-5,8,19H,1-3,6-7,9-10H2. The highest BCUT2D eigenvalue weighted by molar-refractivity contribution is 6.35. The van der Waals surface area contributed by atoms with E-state index in [2.05, 4.69) is 0 Å². The van der Waals surface area contributed by atoms with Gasteiger partial charge >= 0.3 is 0 Å². The quantitative estimate of drug-likeness (QED) is 0.806. The normalized spacial score (nSPS) is 21.9. The third-order valence-corrected chi connectivity index (χ3v) is 4.94. The number of hydrogen-bond donors (Lipinski definition) is 1. The number of phenols is 1. The summed E-state index contributed by atoms with van der Waals surface area (Å²) in [5.41, 5.74) is 0.238. The van der Waals surface area contributed by atoms with Crippen LogP contribution in [-0.4, -0.2) is 16.9 Å². The van der Waals surface area contributed by atoms with Crippen LogP contribution < -0.4 is 4.90 Å². The summed E-state index contributed by atoms with van der Waals surface area (Å²) < 4.78 is 0. The van der Waals surface area contributed by atoms with Crippen LogP contribution in [0.2, 0.25) is 5.02 Å². The van der Waals surface area contributed by atoms with Crippen molar-refractivity contribution >= 4 is 29.1 Å². The minimum absolute atomic E-state index is 0.0180. The maximum Gasteiger partial charge on any atom is 0.234 e. The average molecular weight is 308 g/mol. The largest absolute Gasteiger partial charge is 0.508 e. The minimum atomic E-state index is -0.180. The number of rotatable bonds is 1. The van der Waals surface area contributed by atoms with E-state index in [-0.39, 0.29) is 28.0 Å². The van der Waals surface area contributed by atoms with Crippen molar-refractivity contribution < 1.29 is 14.7 Å². The zero-order chi connectivity index (χ0) is 15.0. The van der Waals surface area contributed by atoms with Crippen LogP contribution in [0.5, 0.6) is 5.75 Å². The predicted octanol–water partition coefficient (Wildman–Crippen LogP) is 3.65. The molecule has 4 nitrogen and oxygen atoms in total. The zero-order valence-corrected chi connectivity index (χ0v) is 12.5. The summed E-state index contributed by atoms with van der Waals surface area (Å²) in [6, 6.07) is 4.31. The van der Waals surface area contributed by atoms with Crippen LogP contribution in [0.4, 0.5) is 5.69 Å². The third kappa shape index (κ3) is 2.64. The van der Waals surface area contributed by atoms with Gasteiger partial charge in [-0.3, -0.25) is 9.59 Å². The van der Waals surface area contributed by atoms with Gasteiger partial charge in [-0.1, -0.05) is 30.9 Å². The van der Waals surface area contributed by atoms with Crippen molar-refractivity contribution in [2.75, 3.05) is 4.90 Å². The lowest BCUT2D eigenvalue weighted by Gasteiger charge is -2.42. The summed E-state index contributed by atoms with van der Waals surface area (Å²) in [4.78, 5) is 26.2. The van der Waals surface area contributed by atoms with Crippen molar-refractivity contribution in [2.24, 2.45) is 5.41 Å². The summed E-state index contributed by atoms with van der Waals surface area (Å²) in [7, 11) is 0. The maximum atomic E-state index is 12.5. The molecule has 21 heavy (non-hydrogen) atoms. The molecule has 112 valence electrons. The van der Waals surface area contributed by atoms with Gasteiger partial charge in [0.2, 0.25) is 11.8 Å². The van der Waals surface area contributed by atoms with Gasteiger partial charge in [0, 0.05) is 18.9 Å². The van der Waals surface area contributed by atoms with Gasteiger partial charge in [-0.25, -0.2) is 4.90 Å². The first kappa shape index (κ1) is 14.4. The molecule has 0 radical (unpaired) electrons. The Labute approximate surface area is 128 Å². The molecule has 1 heterocycles. The monoisotopic (exact) mass is 307 g/mol. The van der Waals surface area contributed by atoms with Gasteiger partial charge in [0.25, 0.3) is 0 Å². The lowest BCUT2D eigenvalue weighted by atomic mass is 9.67.